The summed E-state index contributed by atoms with van der Waals surface area (Å²) in [7, 11) is 1.78. The summed E-state index contributed by atoms with van der Waals surface area (Å²) in [5.41, 5.74) is 3.76. The number of carbonyl (C=O) groups excluding carboxylic acids is 1. The summed E-state index contributed by atoms with van der Waals surface area (Å²) in [5, 5.41) is 7.15. The first kappa shape index (κ1) is 17.0. The number of aromatic nitrogens is 4. The number of carbonyl (C=O) groups is 1. The first-order valence-electron chi connectivity index (χ1n) is 8.38. The zero-order valence-corrected chi connectivity index (χ0v) is 14.9. The van der Waals surface area contributed by atoms with Crippen molar-refractivity contribution in [1.29, 1.82) is 0 Å². The van der Waals surface area contributed by atoms with Crippen LogP contribution in [0.2, 0.25) is 0 Å². The Morgan fingerprint density at radius 1 is 1.20 bits per heavy atom. The molecule has 1 aromatic carbocycles. The highest BCUT2D eigenvalue weighted by atomic mass is 16.2. The maximum absolute atomic E-state index is 12.3. The SMILES string of the molecule is Cc1cc(C(=O)NCCc2ncc(C)n2Cc2ccccc2)n(C)n1. The van der Waals surface area contributed by atoms with Crippen molar-refractivity contribution in [3.05, 3.63) is 71.1 Å². The van der Waals surface area contributed by atoms with Gasteiger partial charge < -0.3 is 9.88 Å². The largest absolute Gasteiger partial charge is 0.350 e. The number of imidazole rings is 1. The van der Waals surface area contributed by atoms with Crippen LogP contribution in [0.4, 0.5) is 0 Å². The van der Waals surface area contributed by atoms with E-state index in [9.17, 15) is 4.79 Å². The zero-order valence-electron chi connectivity index (χ0n) is 14.9. The van der Waals surface area contributed by atoms with Crippen molar-refractivity contribution in [2.75, 3.05) is 6.54 Å². The van der Waals surface area contributed by atoms with Gasteiger partial charge in [-0.2, -0.15) is 5.10 Å². The number of benzene rings is 1. The second-order valence-corrected chi connectivity index (χ2v) is 6.19. The molecule has 1 amide bonds. The standard InChI is InChI=1S/C19H23N5O/c1-14-11-17(23(3)22-14)19(25)20-10-9-18-21-12-15(2)24(18)13-16-7-5-4-6-8-16/h4-8,11-12H,9-10,13H2,1-3H3,(H,20,25). The van der Waals surface area contributed by atoms with Gasteiger partial charge in [0.05, 0.1) is 5.69 Å². The molecule has 0 aliphatic rings. The van der Waals surface area contributed by atoms with E-state index in [4.69, 9.17) is 0 Å². The van der Waals surface area contributed by atoms with Crippen LogP contribution >= 0.6 is 0 Å². The predicted octanol–water partition coefficient (Wildman–Crippen LogP) is 2.25. The number of hydrogen-bond acceptors (Lipinski definition) is 3. The summed E-state index contributed by atoms with van der Waals surface area (Å²) in [5.74, 6) is 0.865. The van der Waals surface area contributed by atoms with Gasteiger partial charge in [-0.3, -0.25) is 9.48 Å². The summed E-state index contributed by atoms with van der Waals surface area (Å²) in [6.07, 6.45) is 2.56. The lowest BCUT2D eigenvalue weighted by atomic mass is 10.2. The molecule has 2 aromatic heterocycles. The van der Waals surface area contributed by atoms with Gasteiger partial charge in [0.1, 0.15) is 11.5 Å². The van der Waals surface area contributed by atoms with Gasteiger partial charge in [0, 0.05) is 38.4 Å². The van der Waals surface area contributed by atoms with Crippen LogP contribution in [0.3, 0.4) is 0 Å². The van der Waals surface area contributed by atoms with Gasteiger partial charge in [0.15, 0.2) is 0 Å². The molecule has 0 atom stereocenters. The molecule has 0 spiro atoms. The molecule has 0 saturated carbocycles. The Bertz CT molecular complexity index is 863. The van der Waals surface area contributed by atoms with Crippen LogP contribution in [0.1, 0.15) is 33.3 Å². The minimum Gasteiger partial charge on any atom is -0.350 e. The van der Waals surface area contributed by atoms with Crippen molar-refractivity contribution in [2.24, 2.45) is 7.05 Å². The Kier molecular flexibility index (Phi) is 4.97. The lowest BCUT2D eigenvalue weighted by Crippen LogP contribution is -2.28. The third-order valence-electron chi connectivity index (χ3n) is 4.19. The van der Waals surface area contributed by atoms with Gasteiger partial charge in [0.25, 0.3) is 5.91 Å². The van der Waals surface area contributed by atoms with Crippen LogP contribution in [-0.2, 0) is 20.0 Å². The number of hydrogen-bond donors (Lipinski definition) is 1. The van der Waals surface area contributed by atoms with Crippen molar-refractivity contribution in [1.82, 2.24) is 24.6 Å². The molecule has 0 unspecified atom stereocenters. The van der Waals surface area contributed by atoms with Gasteiger partial charge in [-0.1, -0.05) is 30.3 Å². The van der Waals surface area contributed by atoms with E-state index < -0.39 is 0 Å². The molecule has 0 aliphatic heterocycles. The minimum absolute atomic E-state index is 0.110. The summed E-state index contributed by atoms with van der Waals surface area (Å²) in [6.45, 7) is 5.25. The molecule has 130 valence electrons. The molecular formula is C19H23N5O. The van der Waals surface area contributed by atoms with Gasteiger partial charge >= 0.3 is 0 Å². The molecule has 0 fully saturated rings. The van der Waals surface area contributed by atoms with E-state index in [0.717, 1.165) is 23.8 Å². The van der Waals surface area contributed by atoms with Crippen molar-refractivity contribution in [3.63, 3.8) is 0 Å². The lowest BCUT2D eigenvalue weighted by Gasteiger charge is -2.11. The Labute approximate surface area is 147 Å². The highest BCUT2D eigenvalue weighted by Gasteiger charge is 2.12. The summed E-state index contributed by atoms with van der Waals surface area (Å²) < 4.78 is 3.79. The van der Waals surface area contributed by atoms with Crippen molar-refractivity contribution in [2.45, 2.75) is 26.8 Å². The lowest BCUT2D eigenvalue weighted by molar-refractivity contribution is 0.0944. The average molecular weight is 337 g/mol. The van der Waals surface area contributed by atoms with Crippen molar-refractivity contribution < 1.29 is 4.79 Å². The van der Waals surface area contributed by atoms with E-state index in [1.165, 1.54) is 5.56 Å². The maximum atomic E-state index is 12.3. The van der Waals surface area contributed by atoms with Crippen LogP contribution in [0.15, 0.2) is 42.6 Å². The van der Waals surface area contributed by atoms with Gasteiger partial charge in [0.2, 0.25) is 0 Å². The van der Waals surface area contributed by atoms with E-state index in [1.54, 1.807) is 17.8 Å². The molecule has 25 heavy (non-hydrogen) atoms. The van der Waals surface area contributed by atoms with E-state index in [1.807, 2.05) is 31.3 Å². The topological polar surface area (TPSA) is 64.7 Å². The second kappa shape index (κ2) is 7.34. The monoisotopic (exact) mass is 337 g/mol. The minimum atomic E-state index is -0.110. The molecule has 0 aliphatic carbocycles. The van der Waals surface area contributed by atoms with Crippen LogP contribution in [0, 0.1) is 13.8 Å². The molecule has 3 rings (SSSR count). The van der Waals surface area contributed by atoms with Crippen LogP contribution in [0.25, 0.3) is 0 Å². The zero-order chi connectivity index (χ0) is 17.8. The van der Waals surface area contributed by atoms with Gasteiger partial charge in [-0.15, -0.1) is 0 Å². The quantitative estimate of drug-likeness (QED) is 0.750. The molecule has 6 heteroatoms. The Balaban J connectivity index is 1.62. The van der Waals surface area contributed by atoms with Crippen LogP contribution in [-0.4, -0.2) is 31.8 Å². The number of rotatable bonds is 6. The van der Waals surface area contributed by atoms with Crippen molar-refractivity contribution in [3.8, 4) is 0 Å². The summed E-state index contributed by atoms with van der Waals surface area (Å²) in [4.78, 5) is 16.7. The van der Waals surface area contributed by atoms with Crippen LogP contribution in [0.5, 0.6) is 0 Å². The van der Waals surface area contributed by atoms with E-state index >= 15 is 0 Å². The van der Waals surface area contributed by atoms with Crippen molar-refractivity contribution >= 4 is 5.91 Å². The van der Waals surface area contributed by atoms with E-state index in [2.05, 4.69) is 39.0 Å². The Morgan fingerprint density at radius 2 is 1.96 bits per heavy atom. The first-order valence-corrected chi connectivity index (χ1v) is 8.38. The van der Waals surface area contributed by atoms with Gasteiger partial charge in [-0.25, -0.2) is 4.98 Å². The highest BCUT2D eigenvalue weighted by Crippen LogP contribution is 2.10. The Morgan fingerprint density at radius 3 is 2.64 bits per heavy atom. The fraction of sp³-hybridized carbons (Fsp3) is 0.316. The molecular weight excluding hydrogens is 314 g/mol. The molecule has 3 aromatic rings. The Hall–Kier alpha value is -2.89. The van der Waals surface area contributed by atoms with Crippen LogP contribution < -0.4 is 5.32 Å². The molecule has 0 bridgehead atoms. The third kappa shape index (κ3) is 3.96. The smallest absolute Gasteiger partial charge is 0.269 e. The number of amides is 1. The third-order valence-corrected chi connectivity index (χ3v) is 4.19. The van der Waals surface area contributed by atoms with E-state index in [0.29, 0.717) is 18.7 Å². The van der Waals surface area contributed by atoms with E-state index in [-0.39, 0.29) is 5.91 Å². The molecule has 0 saturated heterocycles. The highest BCUT2D eigenvalue weighted by molar-refractivity contribution is 5.92. The number of nitrogens with zero attached hydrogens (tertiary/aromatic N) is 4. The molecule has 2 heterocycles. The second-order valence-electron chi connectivity index (χ2n) is 6.19. The molecule has 6 nitrogen and oxygen atoms in total. The maximum Gasteiger partial charge on any atom is 0.269 e. The molecule has 0 radical (unpaired) electrons. The summed E-state index contributed by atoms with van der Waals surface area (Å²) >= 11 is 0. The number of aryl methyl sites for hydroxylation is 3. The molecule has 1 N–H and O–H groups in total. The first-order chi connectivity index (χ1) is 12.0. The fourth-order valence-electron chi connectivity index (χ4n) is 2.89. The summed E-state index contributed by atoms with van der Waals surface area (Å²) in [6, 6.07) is 12.1. The average Bonchev–Trinajstić information content (AvgIpc) is 3.11. The normalized spacial score (nSPS) is 10.8. The number of nitrogens with one attached hydrogen (secondary N) is 1. The predicted molar refractivity (Wildman–Crippen MR) is 96.5 cm³/mol. The fourth-order valence-corrected chi connectivity index (χ4v) is 2.89. The van der Waals surface area contributed by atoms with Gasteiger partial charge in [-0.05, 0) is 25.5 Å².